The van der Waals surface area contributed by atoms with Crippen molar-refractivity contribution in [3.05, 3.63) is 71.4 Å². The minimum atomic E-state index is -0.331. The number of rotatable bonds is 6. The molecule has 0 aromatic heterocycles. The van der Waals surface area contributed by atoms with E-state index in [1.165, 1.54) is 0 Å². The molecule has 2 aromatic rings. The summed E-state index contributed by atoms with van der Waals surface area (Å²) >= 11 is 0. The van der Waals surface area contributed by atoms with Gasteiger partial charge in [-0.25, -0.2) is 0 Å². The van der Waals surface area contributed by atoms with Crippen LogP contribution in [0.25, 0.3) is 6.08 Å². The van der Waals surface area contributed by atoms with Crippen LogP contribution in [0.5, 0.6) is 5.75 Å². The van der Waals surface area contributed by atoms with E-state index in [2.05, 4.69) is 5.32 Å². The first-order chi connectivity index (χ1) is 13.7. The molecule has 0 spiro atoms. The van der Waals surface area contributed by atoms with E-state index in [0.29, 0.717) is 44.2 Å². The van der Waals surface area contributed by atoms with Crippen LogP contribution in [0.3, 0.4) is 0 Å². The monoisotopic (exact) mass is 380 g/mol. The SMILES string of the molecule is CCOc1ccccc1/C=C(\NC(=O)c1ccccc1)C(=O)N1CCOCC1. The number of carbonyl (C=O) groups excluding carboxylic acids is 2. The molecule has 146 valence electrons. The van der Waals surface area contributed by atoms with E-state index >= 15 is 0 Å². The van der Waals surface area contributed by atoms with E-state index in [4.69, 9.17) is 9.47 Å². The molecule has 1 N–H and O–H groups in total. The summed E-state index contributed by atoms with van der Waals surface area (Å²) in [6.07, 6.45) is 1.67. The lowest BCUT2D eigenvalue weighted by Gasteiger charge is -2.28. The molecule has 0 unspecified atom stereocenters. The van der Waals surface area contributed by atoms with Crippen LogP contribution in [0.4, 0.5) is 0 Å². The Morgan fingerprint density at radius 3 is 2.46 bits per heavy atom. The van der Waals surface area contributed by atoms with Crippen molar-refractivity contribution in [1.82, 2.24) is 10.2 Å². The number of amides is 2. The Hall–Kier alpha value is -3.12. The maximum atomic E-state index is 13.1. The molecular formula is C22H24N2O4. The zero-order chi connectivity index (χ0) is 19.8. The van der Waals surface area contributed by atoms with Gasteiger partial charge in [-0.2, -0.15) is 0 Å². The summed E-state index contributed by atoms with van der Waals surface area (Å²) in [5.74, 6) is 0.0903. The van der Waals surface area contributed by atoms with Crippen LogP contribution in [0.2, 0.25) is 0 Å². The molecule has 1 saturated heterocycles. The third kappa shape index (κ3) is 4.98. The predicted octanol–water partition coefficient (Wildman–Crippen LogP) is 2.72. The zero-order valence-electron chi connectivity index (χ0n) is 15.9. The maximum absolute atomic E-state index is 13.1. The van der Waals surface area contributed by atoms with Gasteiger partial charge in [0.1, 0.15) is 11.4 Å². The molecule has 1 aliphatic heterocycles. The highest BCUT2D eigenvalue weighted by Gasteiger charge is 2.23. The van der Waals surface area contributed by atoms with Crippen molar-refractivity contribution in [1.29, 1.82) is 0 Å². The molecule has 28 heavy (non-hydrogen) atoms. The summed E-state index contributed by atoms with van der Waals surface area (Å²) in [4.78, 5) is 27.4. The number of ether oxygens (including phenoxy) is 2. The molecule has 1 aliphatic rings. The molecule has 2 amide bonds. The number of nitrogens with one attached hydrogen (secondary N) is 1. The molecule has 1 heterocycles. The van der Waals surface area contributed by atoms with Crippen molar-refractivity contribution in [2.75, 3.05) is 32.9 Å². The Morgan fingerprint density at radius 1 is 1.07 bits per heavy atom. The Labute approximate surface area is 164 Å². The minimum Gasteiger partial charge on any atom is -0.493 e. The van der Waals surface area contributed by atoms with Gasteiger partial charge >= 0.3 is 0 Å². The third-order valence-electron chi connectivity index (χ3n) is 4.33. The molecule has 3 rings (SSSR count). The number of benzene rings is 2. The minimum absolute atomic E-state index is 0.211. The number of hydrogen-bond acceptors (Lipinski definition) is 4. The topological polar surface area (TPSA) is 67.9 Å². The second-order valence-corrected chi connectivity index (χ2v) is 6.25. The van der Waals surface area contributed by atoms with Gasteiger partial charge in [-0.05, 0) is 31.2 Å². The molecular weight excluding hydrogens is 356 g/mol. The standard InChI is InChI=1S/C22H24N2O4/c1-2-28-20-11-7-6-10-18(20)16-19(22(26)24-12-14-27-15-13-24)23-21(25)17-8-4-3-5-9-17/h3-11,16H,2,12-15H2,1H3,(H,23,25)/b19-16-. The molecule has 6 heteroatoms. The van der Waals surface area contributed by atoms with E-state index in [1.807, 2.05) is 37.3 Å². The summed E-state index contributed by atoms with van der Waals surface area (Å²) in [5.41, 5.74) is 1.43. The lowest BCUT2D eigenvalue weighted by molar-refractivity contribution is -0.131. The van der Waals surface area contributed by atoms with E-state index in [0.717, 1.165) is 5.56 Å². The zero-order valence-corrected chi connectivity index (χ0v) is 15.9. The summed E-state index contributed by atoms with van der Waals surface area (Å²) in [6, 6.07) is 16.3. The van der Waals surface area contributed by atoms with Gasteiger partial charge in [0.25, 0.3) is 11.8 Å². The quantitative estimate of drug-likeness (QED) is 0.783. The molecule has 0 radical (unpaired) electrons. The summed E-state index contributed by atoms with van der Waals surface area (Å²) < 4.78 is 11.0. The number of hydrogen-bond donors (Lipinski definition) is 1. The second kappa shape index (κ2) is 9.71. The molecule has 0 aliphatic carbocycles. The fraction of sp³-hybridized carbons (Fsp3) is 0.273. The Bertz CT molecular complexity index is 843. The van der Waals surface area contributed by atoms with Crippen LogP contribution in [0.1, 0.15) is 22.8 Å². The Balaban J connectivity index is 1.92. The Morgan fingerprint density at radius 2 is 1.75 bits per heavy atom. The van der Waals surface area contributed by atoms with Crippen molar-refractivity contribution >= 4 is 17.9 Å². The van der Waals surface area contributed by atoms with Crippen LogP contribution in [0.15, 0.2) is 60.3 Å². The van der Waals surface area contributed by atoms with E-state index in [1.54, 1.807) is 35.2 Å². The number of morpholine rings is 1. The van der Waals surface area contributed by atoms with E-state index in [9.17, 15) is 9.59 Å². The highest BCUT2D eigenvalue weighted by atomic mass is 16.5. The van der Waals surface area contributed by atoms with Crippen molar-refractivity contribution in [3.8, 4) is 5.75 Å². The van der Waals surface area contributed by atoms with E-state index in [-0.39, 0.29) is 17.5 Å². The fourth-order valence-corrected chi connectivity index (χ4v) is 2.91. The summed E-state index contributed by atoms with van der Waals surface area (Å²) in [5, 5.41) is 2.78. The van der Waals surface area contributed by atoms with Crippen LogP contribution in [-0.2, 0) is 9.53 Å². The van der Waals surface area contributed by atoms with Crippen LogP contribution >= 0.6 is 0 Å². The lowest BCUT2D eigenvalue weighted by atomic mass is 10.1. The second-order valence-electron chi connectivity index (χ2n) is 6.25. The van der Waals surface area contributed by atoms with Crippen molar-refractivity contribution in [3.63, 3.8) is 0 Å². The maximum Gasteiger partial charge on any atom is 0.270 e. The van der Waals surface area contributed by atoms with Crippen molar-refractivity contribution in [2.45, 2.75) is 6.92 Å². The largest absolute Gasteiger partial charge is 0.493 e. The molecule has 1 fully saturated rings. The van der Waals surface area contributed by atoms with Crippen molar-refractivity contribution < 1.29 is 19.1 Å². The molecule has 6 nitrogen and oxygen atoms in total. The smallest absolute Gasteiger partial charge is 0.270 e. The number of carbonyl (C=O) groups is 2. The number of para-hydroxylation sites is 1. The van der Waals surface area contributed by atoms with Gasteiger partial charge < -0.3 is 19.7 Å². The van der Waals surface area contributed by atoms with Crippen LogP contribution in [-0.4, -0.2) is 49.6 Å². The predicted molar refractivity (Wildman–Crippen MR) is 107 cm³/mol. The first-order valence-electron chi connectivity index (χ1n) is 9.36. The fourth-order valence-electron chi connectivity index (χ4n) is 2.91. The van der Waals surface area contributed by atoms with Gasteiger partial charge in [0, 0.05) is 24.2 Å². The Kier molecular flexibility index (Phi) is 6.81. The van der Waals surface area contributed by atoms with Crippen LogP contribution < -0.4 is 10.1 Å². The summed E-state index contributed by atoms with van der Waals surface area (Å²) in [7, 11) is 0. The van der Waals surface area contributed by atoms with Gasteiger partial charge in [-0.15, -0.1) is 0 Å². The average Bonchev–Trinajstić information content (AvgIpc) is 2.75. The van der Waals surface area contributed by atoms with Gasteiger partial charge in [-0.3, -0.25) is 9.59 Å². The summed E-state index contributed by atoms with van der Waals surface area (Å²) in [6.45, 7) is 4.36. The number of nitrogens with zero attached hydrogens (tertiary/aromatic N) is 1. The van der Waals surface area contributed by atoms with Gasteiger partial charge in [0.15, 0.2) is 0 Å². The van der Waals surface area contributed by atoms with Crippen molar-refractivity contribution in [2.24, 2.45) is 0 Å². The molecule has 0 saturated carbocycles. The third-order valence-corrected chi connectivity index (χ3v) is 4.33. The molecule has 2 aromatic carbocycles. The molecule has 0 bridgehead atoms. The average molecular weight is 380 g/mol. The normalized spacial score (nSPS) is 14.5. The highest BCUT2D eigenvalue weighted by molar-refractivity contribution is 6.05. The van der Waals surface area contributed by atoms with Gasteiger partial charge in [0.2, 0.25) is 0 Å². The first-order valence-corrected chi connectivity index (χ1v) is 9.36. The highest BCUT2D eigenvalue weighted by Crippen LogP contribution is 2.21. The van der Waals surface area contributed by atoms with E-state index < -0.39 is 0 Å². The van der Waals surface area contributed by atoms with Crippen LogP contribution in [0, 0.1) is 0 Å². The molecule has 0 atom stereocenters. The lowest BCUT2D eigenvalue weighted by Crippen LogP contribution is -2.44. The van der Waals surface area contributed by atoms with Gasteiger partial charge in [0.05, 0.1) is 19.8 Å². The van der Waals surface area contributed by atoms with Gasteiger partial charge in [-0.1, -0.05) is 36.4 Å². The first kappa shape index (κ1) is 19.6.